The Balaban J connectivity index is 1.27. The molecule has 154 valence electrons. The van der Waals surface area contributed by atoms with Crippen molar-refractivity contribution < 1.29 is 19.4 Å². The van der Waals surface area contributed by atoms with Gasteiger partial charge < -0.3 is 9.84 Å². The molecule has 2 aromatic rings. The Morgan fingerprint density at radius 3 is 2.87 bits per heavy atom. The van der Waals surface area contributed by atoms with E-state index in [1.807, 2.05) is 18.2 Å². The molecule has 0 radical (unpaired) electrons. The average Bonchev–Trinajstić information content (AvgIpc) is 3.34. The van der Waals surface area contributed by atoms with Crippen molar-refractivity contribution in [3.05, 3.63) is 67.9 Å². The largest absolute Gasteiger partial charge is 0.497 e. The maximum Gasteiger partial charge on any atom is 0.353 e. The Bertz CT molecular complexity index is 1090. The van der Waals surface area contributed by atoms with Crippen LogP contribution in [0.25, 0.3) is 6.08 Å². The average molecular weight is 441 g/mol. The number of nitrogens with zero attached hydrogens (tertiary/aromatic N) is 2. The predicted octanol–water partition coefficient (Wildman–Crippen LogP) is 3.54. The maximum atomic E-state index is 12.4. The Labute approximate surface area is 182 Å². The number of carbonyl (C=O) groups excluding carboxylic acids is 1. The topological polar surface area (TPSA) is 70.1 Å². The number of hydrogen-bond donors (Lipinski definition) is 1. The van der Waals surface area contributed by atoms with E-state index < -0.39 is 5.97 Å². The summed E-state index contributed by atoms with van der Waals surface area (Å²) in [5, 5.41) is 10.6. The van der Waals surface area contributed by atoms with E-state index in [9.17, 15) is 14.7 Å². The van der Waals surface area contributed by atoms with Crippen LogP contribution in [-0.2, 0) is 29.1 Å². The first-order valence-electron chi connectivity index (χ1n) is 9.64. The second-order valence-corrected chi connectivity index (χ2v) is 9.60. The second-order valence-electron chi connectivity index (χ2n) is 7.48. The lowest BCUT2D eigenvalue weighted by molar-refractivity contribution is -0.141. The Morgan fingerprint density at radius 2 is 2.13 bits per heavy atom. The van der Waals surface area contributed by atoms with Crippen LogP contribution in [0, 0.1) is 0 Å². The van der Waals surface area contributed by atoms with Gasteiger partial charge in [0.2, 0.25) is 0 Å². The molecule has 1 aromatic heterocycles. The molecule has 3 aliphatic heterocycles. The highest BCUT2D eigenvalue weighted by Crippen LogP contribution is 2.45. The molecule has 1 amide bonds. The predicted molar refractivity (Wildman–Crippen MR) is 117 cm³/mol. The van der Waals surface area contributed by atoms with Crippen molar-refractivity contribution in [2.24, 2.45) is 0 Å². The minimum atomic E-state index is -1.05. The Hall–Kier alpha value is -2.55. The van der Waals surface area contributed by atoms with E-state index in [2.05, 4.69) is 23.1 Å². The van der Waals surface area contributed by atoms with Gasteiger partial charge in [0.25, 0.3) is 5.91 Å². The van der Waals surface area contributed by atoms with Crippen LogP contribution in [0.15, 0.2) is 47.0 Å². The third kappa shape index (κ3) is 3.34. The van der Waals surface area contributed by atoms with Crippen LogP contribution in [0.4, 0.5) is 0 Å². The van der Waals surface area contributed by atoms with Gasteiger partial charge >= 0.3 is 5.97 Å². The normalized spacial score (nSPS) is 21.8. The molecular weight excluding hydrogens is 420 g/mol. The number of rotatable bonds is 5. The summed E-state index contributed by atoms with van der Waals surface area (Å²) in [6.45, 7) is 2.79. The molecule has 1 saturated heterocycles. The smallest absolute Gasteiger partial charge is 0.353 e. The lowest BCUT2D eigenvalue weighted by atomic mass is 10.0. The van der Waals surface area contributed by atoms with Crippen molar-refractivity contribution in [2.45, 2.75) is 24.9 Å². The summed E-state index contributed by atoms with van der Waals surface area (Å²) < 4.78 is 5.23. The van der Waals surface area contributed by atoms with Gasteiger partial charge in [0.05, 0.1) is 12.7 Å². The van der Waals surface area contributed by atoms with Crippen LogP contribution >= 0.6 is 23.1 Å². The molecule has 30 heavy (non-hydrogen) atoms. The molecule has 6 nitrogen and oxygen atoms in total. The number of aliphatic carboxylic acids is 1. The molecule has 1 atom stereocenters. The molecule has 1 N–H and O–H groups in total. The van der Waals surface area contributed by atoms with Crippen molar-refractivity contribution in [3.8, 4) is 5.75 Å². The number of hydrogen-bond acceptors (Lipinski definition) is 6. The summed E-state index contributed by atoms with van der Waals surface area (Å²) in [7, 11) is 1.67. The zero-order chi connectivity index (χ0) is 20.8. The number of benzene rings is 1. The summed E-state index contributed by atoms with van der Waals surface area (Å²) in [6.07, 6.45) is 2.94. The van der Waals surface area contributed by atoms with Gasteiger partial charge in [-0.15, -0.1) is 23.1 Å². The molecule has 0 saturated carbocycles. The quantitative estimate of drug-likeness (QED) is 0.567. The van der Waals surface area contributed by atoms with E-state index in [1.54, 1.807) is 23.9 Å². The minimum absolute atomic E-state index is 0.0757. The third-order valence-electron chi connectivity index (χ3n) is 5.58. The fourth-order valence-corrected chi connectivity index (χ4v) is 6.27. The molecule has 5 rings (SSSR count). The zero-order valence-corrected chi connectivity index (χ0v) is 18.0. The van der Waals surface area contributed by atoms with E-state index in [-0.39, 0.29) is 17.0 Å². The van der Waals surface area contributed by atoms with Gasteiger partial charge in [-0.05, 0) is 41.8 Å². The van der Waals surface area contributed by atoms with Crippen molar-refractivity contribution >= 4 is 41.1 Å². The van der Waals surface area contributed by atoms with E-state index in [1.165, 1.54) is 32.7 Å². The number of methoxy groups -OCH3 is 1. The maximum absolute atomic E-state index is 12.4. The summed E-state index contributed by atoms with van der Waals surface area (Å²) in [4.78, 5) is 29.9. The Kier molecular flexibility index (Phi) is 4.92. The lowest BCUT2D eigenvalue weighted by Gasteiger charge is -2.37. The van der Waals surface area contributed by atoms with E-state index in [0.29, 0.717) is 5.57 Å². The fraction of sp³-hybridized carbons (Fsp3) is 0.273. The first-order chi connectivity index (χ1) is 14.5. The third-order valence-corrected chi connectivity index (χ3v) is 7.85. The molecule has 0 unspecified atom stereocenters. The number of β-lactam (4-membered cyclic amide) rings is 1. The zero-order valence-electron chi connectivity index (χ0n) is 16.3. The van der Waals surface area contributed by atoms with Gasteiger partial charge in [-0.2, -0.15) is 0 Å². The van der Waals surface area contributed by atoms with Gasteiger partial charge in [-0.25, -0.2) is 4.79 Å². The number of amides is 1. The molecule has 3 aliphatic rings. The van der Waals surface area contributed by atoms with Crippen molar-refractivity contribution in [3.63, 3.8) is 0 Å². The number of carbonyl (C=O) groups is 2. The van der Waals surface area contributed by atoms with Crippen molar-refractivity contribution in [2.75, 3.05) is 13.7 Å². The number of ether oxygens (including phenoxy) is 1. The number of carboxylic acids is 1. The molecule has 1 aromatic carbocycles. The van der Waals surface area contributed by atoms with Crippen LogP contribution in [-0.4, -0.2) is 45.8 Å². The molecular formula is C22H20N2O4S2. The molecule has 0 bridgehead atoms. The summed E-state index contributed by atoms with van der Waals surface area (Å²) >= 11 is 3.12. The monoisotopic (exact) mass is 440 g/mol. The van der Waals surface area contributed by atoms with Crippen LogP contribution in [0.1, 0.15) is 20.9 Å². The van der Waals surface area contributed by atoms with Gasteiger partial charge in [0.15, 0.2) is 0 Å². The summed E-state index contributed by atoms with van der Waals surface area (Å²) in [5.74, 6) is -0.391. The number of thiophene rings is 1. The molecule has 0 spiro atoms. The molecule has 1 fully saturated rings. The first kappa shape index (κ1) is 19.4. The SMILES string of the molecule is COc1ccc(CN2CCc3sc(C=C4C(=O)N5C(C(=O)O)=CS[C@H]45)cc3C2)cc1. The van der Waals surface area contributed by atoms with Crippen LogP contribution in [0.3, 0.4) is 0 Å². The summed E-state index contributed by atoms with van der Waals surface area (Å²) in [5.41, 5.74) is 3.34. The highest BCUT2D eigenvalue weighted by Gasteiger charge is 2.49. The minimum Gasteiger partial charge on any atom is -0.497 e. The van der Waals surface area contributed by atoms with E-state index in [0.717, 1.165) is 36.7 Å². The molecule has 0 aliphatic carbocycles. The second kappa shape index (κ2) is 7.61. The van der Waals surface area contributed by atoms with Crippen LogP contribution < -0.4 is 4.74 Å². The van der Waals surface area contributed by atoms with Gasteiger partial charge in [-0.3, -0.25) is 14.6 Å². The summed E-state index contributed by atoms with van der Waals surface area (Å²) in [6, 6.07) is 10.4. The van der Waals surface area contributed by atoms with Gasteiger partial charge in [0.1, 0.15) is 16.8 Å². The number of thioether (sulfide) groups is 1. The standard InChI is InChI=1S/C22H20N2O4S2/c1-28-15-4-2-13(3-5-15)10-23-7-6-19-14(11-23)8-16(30-19)9-17-20(25)24-18(22(26)27)12-29-21(17)24/h2-5,8-9,12,21H,6-7,10-11H2,1H3,(H,26,27)/t21-/m1/s1. The Morgan fingerprint density at radius 1 is 1.33 bits per heavy atom. The fourth-order valence-electron chi connectivity index (χ4n) is 4.03. The highest BCUT2D eigenvalue weighted by atomic mass is 32.2. The van der Waals surface area contributed by atoms with E-state index >= 15 is 0 Å². The lowest BCUT2D eigenvalue weighted by Crippen LogP contribution is -2.51. The van der Waals surface area contributed by atoms with Gasteiger partial charge in [0, 0.05) is 34.8 Å². The molecule has 4 heterocycles. The van der Waals surface area contributed by atoms with Crippen LogP contribution in [0.2, 0.25) is 0 Å². The van der Waals surface area contributed by atoms with E-state index in [4.69, 9.17) is 4.74 Å². The van der Waals surface area contributed by atoms with Crippen molar-refractivity contribution in [1.29, 1.82) is 0 Å². The van der Waals surface area contributed by atoms with Gasteiger partial charge in [-0.1, -0.05) is 12.1 Å². The number of carboxylic acid groups (broad SMARTS) is 1. The first-order valence-corrected chi connectivity index (χ1v) is 11.4. The van der Waals surface area contributed by atoms with Crippen LogP contribution in [0.5, 0.6) is 5.75 Å². The highest BCUT2D eigenvalue weighted by molar-refractivity contribution is 8.03. The number of fused-ring (bicyclic) bond motifs is 2. The molecule has 8 heteroatoms. The van der Waals surface area contributed by atoms with Crippen molar-refractivity contribution in [1.82, 2.24) is 9.80 Å².